The third-order valence-corrected chi connectivity index (χ3v) is 4.08. The van der Waals surface area contributed by atoms with E-state index in [1.54, 1.807) is 33.5 Å². The average Bonchev–Trinajstić information content (AvgIpc) is 2.61. The molecule has 0 aliphatic carbocycles. The molecule has 0 bridgehead atoms. The monoisotopic (exact) mass is 408 g/mol. The summed E-state index contributed by atoms with van der Waals surface area (Å²) in [5.74, 6) is 1.85. The summed E-state index contributed by atoms with van der Waals surface area (Å²) in [7, 11) is 4.72. The first-order valence-corrected chi connectivity index (χ1v) is 8.37. The molecule has 0 aliphatic rings. The molecule has 2 amide bonds. The number of methoxy groups -OCH3 is 3. The van der Waals surface area contributed by atoms with Crippen LogP contribution in [0, 0.1) is 6.92 Å². The molecule has 0 saturated carbocycles. The lowest BCUT2D eigenvalue weighted by Crippen LogP contribution is -2.28. The summed E-state index contributed by atoms with van der Waals surface area (Å²) in [4.78, 5) is 12.2. The first kappa shape index (κ1) is 18.9. The molecule has 134 valence electrons. The molecule has 0 aromatic heterocycles. The molecule has 0 aliphatic heterocycles. The number of ether oxygens (including phenoxy) is 3. The van der Waals surface area contributed by atoms with Crippen molar-refractivity contribution >= 4 is 27.6 Å². The van der Waals surface area contributed by atoms with Crippen LogP contribution in [0.4, 0.5) is 10.5 Å². The zero-order chi connectivity index (χ0) is 18.4. The lowest BCUT2D eigenvalue weighted by atomic mass is 10.2. The van der Waals surface area contributed by atoms with E-state index in [1.165, 1.54) is 0 Å². The van der Waals surface area contributed by atoms with E-state index in [9.17, 15) is 4.79 Å². The topological polar surface area (TPSA) is 68.8 Å². The Hall–Kier alpha value is -2.41. The molecule has 0 saturated heterocycles. The highest BCUT2D eigenvalue weighted by Gasteiger charge is 2.12. The molecule has 0 atom stereocenters. The Kier molecular flexibility index (Phi) is 6.52. The molecule has 25 heavy (non-hydrogen) atoms. The Balaban J connectivity index is 2.04. The van der Waals surface area contributed by atoms with Crippen LogP contribution in [-0.2, 0) is 6.54 Å². The van der Waals surface area contributed by atoms with Crippen LogP contribution in [0.25, 0.3) is 0 Å². The van der Waals surface area contributed by atoms with E-state index in [-0.39, 0.29) is 6.03 Å². The normalized spacial score (nSPS) is 10.1. The molecule has 0 heterocycles. The average molecular weight is 409 g/mol. The number of carbonyl (C=O) groups excluding carboxylic acids is 1. The molecular formula is C18H21BrN2O4. The summed E-state index contributed by atoms with van der Waals surface area (Å²) in [5, 5.41) is 5.64. The molecule has 0 unspecified atom stereocenters. The maximum absolute atomic E-state index is 12.2. The van der Waals surface area contributed by atoms with Gasteiger partial charge in [-0.3, -0.25) is 0 Å². The number of aryl methyl sites for hydroxylation is 1. The van der Waals surface area contributed by atoms with Crippen molar-refractivity contribution in [2.75, 3.05) is 26.6 Å². The van der Waals surface area contributed by atoms with Gasteiger partial charge in [-0.2, -0.15) is 0 Å². The van der Waals surface area contributed by atoms with Gasteiger partial charge in [-0.1, -0.05) is 22.0 Å². The lowest BCUT2D eigenvalue weighted by Gasteiger charge is -2.15. The van der Waals surface area contributed by atoms with Gasteiger partial charge in [0.15, 0.2) is 11.5 Å². The molecule has 2 aromatic rings. The molecule has 0 radical (unpaired) electrons. The molecule has 2 rings (SSSR count). The number of amides is 2. The molecule has 0 spiro atoms. The quantitative estimate of drug-likeness (QED) is 0.754. The van der Waals surface area contributed by atoms with Crippen molar-refractivity contribution in [2.45, 2.75) is 13.5 Å². The van der Waals surface area contributed by atoms with Crippen LogP contribution >= 0.6 is 15.9 Å². The summed E-state index contributed by atoms with van der Waals surface area (Å²) in [6, 6.07) is 8.88. The Morgan fingerprint density at radius 2 is 1.68 bits per heavy atom. The summed E-state index contributed by atoms with van der Waals surface area (Å²) >= 11 is 3.41. The van der Waals surface area contributed by atoms with Gasteiger partial charge in [0.2, 0.25) is 0 Å². The van der Waals surface area contributed by atoms with E-state index < -0.39 is 0 Å². The van der Waals surface area contributed by atoms with Crippen molar-refractivity contribution in [1.82, 2.24) is 5.32 Å². The number of rotatable bonds is 6. The highest BCUT2D eigenvalue weighted by Crippen LogP contribution is 2.32. The Morgan fingerprint density at radius 3 is 2.32 bits per heavy atom. The predicted molar refractivity (Wildman–Crippen MR) is 101 cm³/mol. The summed E-state index contributed by atoms with van der Waals surface area (Å²) in [6.07, 6.45) is 0. The largest absolute Gasteiger partial charge is 0.495 e. The van der Waals surface area contributed by atoms with Crippen molar-refractivity contribution in [3.8, 4) is 17.2 Å². The Bertz CT molecular complexity index is 765. The van der Waals surface area contributed by atoms with E-state index in [2.05, 4.69) is 26.6 Å². The number of hydrogen-bond acceptors (Lipinski definition) is 4. The van der Waals surface area contributed by atoms with Gasteiger partial charge in [0.05, 0.1) is 27.0 Å². The first-order chi connectivity index (χ1) is 12.0. The van der Waals surface area contributed by atoms with Crippen LogP contribution in [0.15, 0.2) is 34.8 Å². The highest BCUT2D eigenvalue weighted by atomic mass is 79.9. The molecule has 2 N–H and O–H groups in total. The van der Waals surface area contributed by atoms with Gasteiger partial charge < -0.3 is 24.8 Å². The summed E-state index contributed by atoms with van der Waals surface area (Å²) in [6.45, 7) is 2.25. The second kappa shape index (κ2) is 8.62. The standard InChI is InChI=1S/C18H21BrN2O4/c1-11-7-13(19)9-16(25-4)17(11)21-18(22)20-10-12-5-6-14(23-2)15(8-12)24-3/h5-9H,10H2,1-4H3,(H2,20,21,22). The fraction of sp³-hybridized carbons (Fsp3) is 0.278. The number of carbonyl (C=O) groups is 1. The second-order valence-corrected chi connectivity index (χ2v) is 6.21. The Labute approximate surface area is 155 Å². The van der Waals surface area contributed by atoms with Crippen LogP contribution in [-0.4, -0.2) is 27.4 Å². The maximum atomic E-state index is 12.2. The van der Waals surface area contributed by atoms with Gasteiger partial charge in [-0.05, 0) is 42.3 Å². The number of halogens is 1. The molecule has 7 heteroatoms. The minimum absolute atomic E-state index is 0.321. The lowest BCUT2D eigenvalue weighted by molar-refractivity contribution is 0.251. The van der Waals surface area contributed by atoms with Crippen LogP contribution < -0.4 is 24.8 Å². The summed E-state index contributed by atoms with van der Waals surface area (Å²) < 4.78 is 16.7. The molecule has 0 fully saturated rings. The van der Waals surface area contributed by atoms with Crippen LogP contribution in [0.2, 0.25) is 0 Å². The molecule has 2 aromatic carbocycles. The van der Waals surface area contributed by atoms with E-state index in [1.807, 2.05) is 25.1 Å². The van der Waals surface area contributed by atoms with Crippen molar-refractivity contribution in [3.05, 3.63) is 45.9 Å². The summed E-state index contributed by atoms with van der Waals surface area (Å²) in [5.41, 5.74) is 2.43. The fourth-order valence-corrected chi connectivity index (χ4v) is 2.92. The first-order valence-electron chi connectivity index (χ1n) is 7.58. The second-order valence-electron chi connectivity index (χ2n) is 5.30. The third kappa shape index (κ3) is 4.79. The van der Waals surface area contributed by atoms with Gasteiger partial charge in [0.1, 0.15) is 5.75 Å². The van der Waals surface area contributed by atoms with Crippen LogP contribution in [0.1, 0.15) is 11.1 Å². The van der Waals surface area contributed by atoms with E-state index >= 15 is 0 Å². The van der Waals surface area contributed by atoms with Gasteiger partial charge >= 0.3 is 6.03 Å². The van der Waals surface area contributed by atoms with Crippen molar-refractivity contribution in [3.63, 3.8) is 0 Å². The van der Waals surface area contributed by atoms with E-state index in [0.29, 0.717) is 29.5 Å². The van der Waals surface area contributed by atoms with Crippen molar-refractivity contribution in [2.24, 2.45) is 0 Å². The van der Waals surface area contributed by atoms with E-state index in [0.717, 1.165) is 15.6 Å². The minimum atomic E-state index is -0.321. The van der Waals surface area contributed by atoms with Crippen molar-refractivity contribution < 1.29 is 19.0 Å². The zero-order valence-electron chi connectivity index (χ0n) is 14.6. The Morgan fingerprint density at radius 1 is 1.00 bits per heavy atom. The number of benzene rings is 2. The van der Waals surface area contributed by atoms with Gasteiger partial charge in [0, 0.05) is 11.0 Å². The number of urea groups is 1. The fourth-order valence-electron chi connectivity index (χ4n) is 2.36. The van der Waals surface area contributed by atoms with Crippen molar-refractivity contribution in [1.29, 1.82) is 0 Å². The van der Waals surface area contributed by atoms with Crippen LogP contribution in [0.3, 0.4) is 0 Å². The SMILES string of the molecule is COc1ccc(CNC(=O)Nc2c(C)cc(Br)cc2OC)cc1OC. The van der Waals surface area contributed by atoms with Gasteiger partial charge in [0.25, 0.3) is 0 Å². The number of anilines is 1. The predicted octanol–water partition coefficient (Wildman–Crippen LogP) is 4.11. The molecule has 6 nitrogen and oxygen atoms in total. The number of hydrogen-bond donors (Lipinski definition) is 2. The van der Waals surface area contributed by atoms with Crippen LogP contribution in [0.5, 0.6) is 17.2 Å². The van der Waals surface area contributed by atoms with Gasteiger partial charge in [-0.25, -0.2) is 4.79 Å². The molecular weight excluding hydrogens is 388 g/mol. The minimum Gasteiger partial charge on any atom is -0.495 e. The smallest absolute Gasteiger partial charge is 0.319 e. The highest BCUT2D eigenvalue weighted by molar-refractivity contribution is 9.10. The third-order valence-electron chi connectivity index (χ3n) is 3.62. The number of nitrogens with one attached hydrogen (secondary N) is 2. The van der Waals surface area contributed by atoms with Gasteiger partial charge in [-0.15, -0.1) is 0 Å². The van der Waals surface area contributed by atoms with E-state index in [4.69, 9.17) is 14.2 Å². The zero-order valence-corrected chi connectivity index (χ0v) is 16.2. The maximum Gasteiger partial charge on any atom is 0.319 e.